The Bertz CT molecular complexity index is 882. The van der Waals surface area contributed by atoms with Crippen LogP contribution in [0.5, 0.6) is 23.0 Å². The standard InChI is InChI=1S/C19H21N3O6/c1-4-28-16-9-12(5-7-14(16)23)11-20-22-19(25)18(24)21-13-6-8-15(26-2)17(10-13)27-3/h5-11,23H,4H2,1-3H3,(H,21,24)(H,22,25)/b20-11-. The predicted octanol–water partition coefficient (Wildman–Crippen LogP) is 1.90. The molecule has 2 amide bonds. The molecule has 9 heteroatoms. The fourth-order valence-corrected chi connectivity index (χ4v) is 2.20. The van der Waals surface area contributed by atoms with Gasteiger partial charge in [0.15, 0.2) is 23.0 Å². The highest BCUT2D eigenvalue weighted by Gasteiger charge is 2.14. The van der Waals surface area contributed by atoms with E-state index in [4.69, 9.17) is 14.2 Å². The van der Waals surface area contributed by atoms with Gasteiger partial charge in [0.1, 0.15) is 0 Å². The van der Waals surface area contributed by atoms with E-state index in [1.54, 1.807) is 31.2 Å². The summed E-state index contributed by atoms with van der Waals surface area (Å²) in [7, 11) is 2.96. The van der Waals surface area contributed by atoms with Crippen LogP contribution in [0.25, 0.3) is 0 Å². The van der Waals surface area contributed by atoms with Gasteiger partial charge in [0.05, 0.1) is 27.0 Å². The van der Waals surface area contributed by atoms with Gasteiger partial charge in [-0.2, -0.15) is 5.10 Å². The number of hydrazone groups is 1. The number of anilines is 1. The number of rotatable bonds is 7. The van der Waals surface area contributed by atoms with Crippen LogP contribution in [0.4, 0.5) is 5.69 Å². The summed E-state index contributed by atoms with van der Waals surface area (Å²) in [6, 6.07) is 9.28. The number of aromatic hydroxyl groups is 1. The average molecular weight is 387 g/mol. The number of hydrogen-bond acceptors (Lipinski definition) is 7. The zero-order valence-corrected chi connectivity index (χ0v) is 15.7. The second kappa shape index (κ2) is 9.81. The molecule has 0 heterocycles. The van der Waals surface area contributed by atoms with Crippen LogP contribution < -0.4 is 25.0 Å². The van der Waals surface area contributed by atoms with Crippen molar-refractivity contribution in [2.75, 3.05) is 26.1 Å². The molecule has 0 saturated heterocycles. The van der Waals surface area contributed by atoms with Crippen LogP contribution in [0.3, 0.4) is 0 Å². The Labute approximate surface area is 161 Å². The Morgan fingerprint density at radius 3 is 2.46 bits per heavy atom. The first kappa shape index (κ1) is 20.6. The van der Waals surface area contributed by atoms with Crippen molar-refractivity contribution < 1.29 is 28.9 Å². The first-order valence-corrected chi connectivity index (χ1v) is 8.30. The lowest BCUT2D eigenvalue weighted by Crippen LogP contribution is -2.32. The third kappa shape index (κ3) is 5.37. The predicted molar refractivity (Wildman–Crippen MR) is 103 cm³/mol. The zero-order valence-electron chi connectivity index (χ0n) is 15.7. The Morgan fingerprint density at radius 1 is 1.04 bits per heavy atom. The van der Waals surface area contributed by atoms with Crippen LogP contribution in [-0.4, -0.2) is 44.0 Å². The van der Waals surface area contributed by atoms with E-state index in [0.29, 0.717) is 35.1 Å². The van der Waals surface area contributed by atoms with Crippen molar-refractivity contribution in [1.29, 1.82) is 0 Å². The third-order valence-electron chi connectivity index (χ3n) is 3.51. The molecule has 2 aromatic carbocycles. The van der Waals surface area contributed by atoms with Gasteiger partial charge in [0, 0.05) is 11.8 Å². The van der Waals surface area contributed by atoms with Crippen molar-refractivity contribution >= 4 is 23.7 Å². The number of phenolic OH excluding ortho intramolecular Hbond substituents is 1. The van der Waals surface area contributed by atoms with Crippen LogP contribution in [0.2, 0.25) is 0 Å². The van der Waals surface area contributed by atoms with Crippen molar-refractivity contribution in [2.45, 2.75) is 6.92 Å². The molecule has 0 fully saturated rings. The molecule has 0 aromatic heterocycles. The molecule has 9 nitrogen and oxygen atoms in total. The minimum Gasteiger partial charge on any atom is -0.504 e. The van der Waals surface area contributed by atoms with E-state index in [-0.39, 0.29) is 5.75 Å². The van der Waals surface area contributed by atoms with E-state index < -0.39 is 11.8 Å². The summed E-state index contributed by atoms with van der Waals surface area (Å²) in [5.41, 5.74) is 3.06. The molecule has 0 saturated carbocycles. The van der Waals surface area contributed by atoms with E-state index in [1.807, 2.05) is 0 Å². The normalized spacial score (nSPS) is 10.4. The maximum atomic E-state index is 12.0. The molecule has 2 rings (SSSR count). The van der Waals surface area contributed by atoms with E-state index >= 15 is 0 Å². The van der Waals surface area contributed by atoms with Crippen molar-refractivity contribution in [3.63, 3.8) is 0 Å². The van der Waals surface area contributed by atoms with Crippen LogP contribution in [0, 0.1) is 0 Å². The van der Waals surface area contributed by atoms with Gasteiger partial charge >= 0.3 is 11.8 Å². The van der Waals surface area contributed by atoms with Crippen molar-refractivity contribution in [2.24, 2.45) is 5.10 Å². The van der Waals surface area contributed by atoms with Gasteiger partial charge < -0.3 is 24.6 Å². The summed E-state index contributed by atoms with van der Waals surface area (Å²) < 4.78 is 15.5. The van der Waals surface area contributed by atoms with E-state index in [0.717, 1.165) is 0 Å². The van der Waals surface area contributed by atoms with Gasteiger partial charge in [-0.1, -0.05) is 0 Å². The summed E-state index contributed by atoms with van der Waals surface area (Å²) in [4.78, 5) is 23.9. The van der Waals surface area contributed by atoms with E-state index in [1.165, 1.54) is 32.6 Å². The number of ether oxygens (including phenoxy) is 3. The smallest absolute Gasteiger partial charge is 0.329 e. The zero-order chi connectivity index (χ0) is 20.5. The molecule has 0 aliphatic rings. The molecular weight excluding hydrogens is 366 g/mol. The number of benzene rings is 2. The number of hydrogen-bond donors (Lipinski definition) is 3. The third-order valence-corrected chi connectivity index (χ3v) is 3.51. The first-order valence-electron chi connectivity index (χ1n) is 8.30. The first-order chi connectivity index (χ1) is 13.5. The Hall–Kier alpha value is -3.75. The maximum absolute atomic E-state index is 12.0. The van der Waals surface area contributed by atoms with Gasteiger partial charge in [-0.3, -0.25) is 9.59 Å². The molecule has 0 bridgehead atoms. The number of amides is 2. The fraction of sp³-hybridized carbons (Fsp3) is 0.211. The number of nitrogens with zero attached hydrogens (tertiary/aromatic N) is 1. The number of carbonyl (C=O) groups excluding carboxylic acids is 2. The lowest BCUT2D eigenvalue weighted by atomic mass is 10.2. The van der Waals surface area contributed by atoms with Crippen molar-refractivity contribution in [3.05, 3.63) is 42.0 Å². The molecular formula is C19H21N3O6. The largest absolute Gasteiger partial charge is 0.504 e. The number of phenols is 1. The summed E-state index contributed by atoms with van der Waals surface area (Å²) in [5, 5.41) is 15.8. The summed E-state index contributed by atoms with van der Waals surface area (Å²) in [5.74, 6) is -0.646. The summed E-state index contributed by atoms with van der Waals surface area (Å²) in [6.07, 6.45) is 1.32. The summed E-state index contributed by atoms with van der Waals surface area (Å²) >= 11 is 0. The maximum Gasteiger partial charge on any atom is 0.329 e. The lowest BCUT2D eigenvalue weighted by molar-refractivity contribution is -0.136. The molecule has 28 heavy (non-hydrogen) atoms. The van der Waals surface area contributed by atoms with Gasteiger partial charge in [0.25, 0.3) is 0 Å². The monoisotopic (exact) mass is 387 g/mol. The number of methoxy groups -OCH3 is 2. The minimum absolute atomic E-state index is 0.00247. The van der Waals surface area contributed by atoms with Gasteiger partial charge in [0.2, 0.25) is 0 Å². The van der Waals surface area contributed by atoms with Crippen LogP contribution in [0.1, 0.15) is 12.5 Å². The average Bonchev–Trinajstić information content (AvgIpc) is 2.70. The van der Waals surface area contributed by atoms with Gasteiger partial charge in [-0.05, 0) is 42.8 Å². The van der Waals surface area contributed by atoms with E-state index in [9.17, 15) is 14.7 Å². The fourth-order valence-electron chi connectivity index (χ4n) is 2.20. The van der Waals surface area contributed by atoms with Crippen molar-refractivity contribution in [3.8, 4) is 23.0 Å². The molecule has 0 atom stereocenters. The van der Waals surface area contributed by atoms with Crippen LogP contribution in [-0.2, 0) is 9.59 Å². The molecule has 2 aromatic rings. The van der Waals surface area contributed by atoms with Crippen LogP contribution in [0.15, 0.2) is 41.5 Å². The highest BCUT2D eigenvalue weighted by atomic mass is 16.5. The van der Waals surface area contributed by atoms with Gasteiger partial charge in [-0.25, -0.2) is 5.43 Å². The molecule has 0 aliphatic carbocycles. The number of nitrogens with one attached hydrogen (secondary N) is 2. The molecule has 148 valence electrons. The molecule has 0 unspecified atom stereocenters. The summed E-state index contributed by atoms with van der Waals surface area (Å²) in [6.45, 7) is 2.18. The van der Waals surface area contributed by atoms with Crippen LogP contribution >= 0.6 is 0 Å². The highest BCUT2D eigenvalue weighted by molar-refractivity contribution is 6.39. The Balaban J connectivity index is 1.96. The SMILES string of the molecule is CCOc1cc(/C=N\NC(=O)C(=O)Nc2ccc(OC)c(OC)c2)ccc1O. The molecule has 0 aliphatic heterocycles. The minimum atomic E-state index is -0.949. The van der Waals surface area contributed by atoms with E-state index in [2.05, 4.69) is 15.8 Å². The van der Waals surface area contributed by atoms with Gasteiger partial charge in [-0.15, -0.1) is 0 Å². The highest BCUT2D eigenvalue weighted by Crippen LogP contribution is 2.29. The molecule has 0 spiro atoms. The molecule has 3 N–H and O–H groups in total. The second-order valence-electron chi connectivity index (χ2n) is 5.38. The number of carbonyl (C=O) groups is 2. The molecule has 0 radical (unpaired) electrons. The Morgan fingerprint density at radius 2 is 1.79 bits per heavy atom. The van der Waals surface area contributed by atoms with Crippen molar-refractivity contribution in [1.82, 2.24) is 5.43 Å². The second-order valence-corrected chi connectivity index (χ2v) is 5.38. The Kier molecular flexibility index (Phi) is 7.21. The topological polar surface area (TPSA) is 118 Å². The quantitative estimate of drug-likeness (QED) is 0.379. The lowest BCUT2D eigenvalue weighted by Gasteiger charge is -2.10.